The number of hydrogen-bond acceptors (Lipinski definition) is 4. The summed E-state index contributed by atoms with van der Waals surface area (Å²) in [5.74, 6) is -0.167. The van der Waals surface area contributed by atoms with Gasteiger partial charge in [-0.05, 0) is 37.2 Å². The topological polar surface area (TPSA) is 62.2 Å². The second kappa shape index (κ2) is 8.67. The molecule has 1 saturated heterocycles. The van der Waals surface area contributed by atoms with Gasteiger partial charge in [-0.2, -0.15) is 5.10 Å². The molecule has 134 valence electrons. The number of hydrogen-bond donors (Lipinski definition) is 2. The molecule has 0 unspecified atom stereocenters. The zero-order valence-electron chi connectivity index (χ0n) is 13.8. The zero-order valence-corrected chi connectivity index (χ0v) is 15.4. The molecule has 1 amide bonds. The number of carbonyl (C=O) groups is 1. The number of aromatic nitrogens is 2. The predicted molar refractivity (Wildman–Crippen MR) is 99.8 cm³/mol. The average Bonchev–Trinajstić information content (AvgIpc) is 3.12. The summed E-state index contributed by atoms with van der Waals surface area (Å²) in [5, 5.41) is 11.5. The fourth-order valence-electron chi connectivity index (χ4n) is 2.75. The Morgan fingerprint density at radius 1 is 1.20 bits per heavy atom. The van der Waals surface area contributed by atoms with Crippen molar-refractivity contribution in [2.75, 3.05) is 39.3 Å². The first-order valence-electron chi connectivity index (χ1n) is 8.36. The number of nitrogens with zero attached hydrogens (tertiary/aromatic N) is 3. The first kappa shape index (κ1) is 18.2. The molecule has 3 rings (SSSR count). The van der Waals surface area contributed by atoms with Crippen LogP contribution in [-0.4, -0.2) is 59.9 Å². The third kappa shape index (κ3) is 4.95. The first-order valence-corrected chi connectivity index (χ1v) is 9.11. The molecule has 2 heterocycles. The van der Waals surface area contributed by atoms with Crippen molar-refractivity contribution in [2.24, 2.45) is 0 Å². The van der Waals surface area contributed by atoms with Crippen LogP contribution in [0.5, 0.6) is 0 Å². The summed E-state index contributed by atoms with van der Waals surface area (Å²) in [5.41, 5.74) is 1.14. The number of amides is 1. The Kier molecular flexibility index (Phi) is 6.31. The van der Waals surface area contributed by atoms with E-state index >= 15 is 0 Å². The second-order valence-corrected chi connectivity index (χ2v) is 6.76. The molecular formula is C17H21Cl2N5O. The standard InChI is InChI=1S/C17H21Cl2N5O/c18-14-3-2-13(12-15(14)19)24-9-4-16(22-24)17(25)21-5-1-8-23-10-6-20-7-11-23/h2-4,9,12,20H,1,5-8,10-11H2,(H,21,25). The molecule has 1 fully saturated rings. The van der Waals surface area contributed by atoms with Crippen molar-refractivity contribution in [3.8, 4) is 5.69 Å². The van der Waals surface area contributed by atoms with Gasteiger partial charge >= 0.3 is 0 Å². The number of piperazine rings is 1. The Hall–Kier alpha value is -1.60. The van der Waals surface area contributed by atoms with Crippen LogP contribution in [0.25, 0.3) is 5.69 Å². The van der Waals surface area contributed by atoms with Crippen LogP contribution in [0.15, 0.2) is 30.5 Å². The molecule has 0 radical (unpaired) electrons. The Bertz CT molecular complexity index is 728. The van der Waals surface area contributed by atoms with E-state index in [0.717, 1.165) is 44.8 Å². The van der Waals surface area contributed by atoms with Gasteiger partial charge in [-0.3, -0.25) is 4.79 Å². The first-order chi connectivity index (χ1) is 12.1. The highest BCUT2D eigenvalue weighted by molar-refractivity contribution is 6.42. The highest BCUT2D eigenvalue weighted by Gasteiger charge is 2.12. The quantitative estimate of drug-likeness (QED) is 0.752. The summed E-state index contributed by atoms with van der Waals surface area (Å²) in [7, 11) is 0. The van der Waals surface area contributed by atoms with Crippen molar-refractivity contribution in [1.82, 2.24) is 25.3 Å². The molecule has 0 spiro atoms. The Morgan fingerprint density at radius 3 is 2.76 bits per heavy atom. The molecule has 25 heavy (non-hydrogen) atoms. The molecule has 1 aromatic carbocycles. The zero-order chi connectivity index (χ0) is 17.6. The largest absolute Gasteiger partial charge is 0.351 e. The van der Waals surface area contributed by atoms with E-state index < -0.39 is 0 Å². The summed E-state index contributed by atoms with van der Waals surface area (Å²) >= 11 is 11.9. The van der Waals surface area contributed by atoms with Crippen LogP contribution in [0.3, 0.4) is 0 Å². The lowest BCUT2D eigenvalue weighted by molar-refractivity contribution is 0.0946. The van der Waals surface area contributed by atoms with E-state index in [-0.39, 0.29) is 5.91 Å². The molecule has 0 aliphatic carbocycles. The minimum absolute atomic E-state index is 0.167. The van der Waals surface area contributed by atoms with Crippen LogP contribution < -0.4 is 10.6 Å². The van der Waals surface area contributed by atoms with E-state index in [9.17, 15) is 4.79 Å². The minimum Gasteiger partial charge on any atom is -0.351 e. The molecule has 1 aliphatic heterocycles. The minimum atomic E-state index is -0.167. The lowest BCUT2D eigenvalue weighted by Gasteiger charge is -2.26. The lowest BCUT2D eigenvalue weighted by atomic mass is 10.3. The van der Waals surface area contributed by atoms with Crippen LogP contribution in [0.4, 0.5) is 0 Å². The second-order valence-electron chi connectivity index (χ2n) is 5.95. The van der Waals surface area contributed by atoms with Crippen molar-refractivity contribution in [1.29, 1.82) is 0 Å². The molecule has 0 saturated carbocycles. The van der Waals surface area contributed by atoms with E-state index in [1.807, 2.05) is 0 Å². The van der Waals surface area contributed by atoms with E-state index in [4.69, 9.17) is 23.2 Å². The summed E-state index contributed by atoms with van der Waals surface area (Å²) in [6, 6.07) is 6.91. The summed E-state index contributed by atoms with van der Waals surface area (Å²) in [6.07, 6.45) is 2.66. The molecule has 6 nitrogen and oxygen atoms in total. The van der Waals surface area contributed by atoms with E-state index in [2.05, 4.69) is 20.6 Å². The van der Waals surface area contributed by atoms with Crippen LogP contribution in [0, 0.1) is 0 Å². The Balaban J connectivity index is 1.49. The predicted octanol–water partition coefficient (Wildman–Crippen LogP) is 2.20. The molecule has 1 aromatic heterocycles. The van der Waals surface area contributed by atoms with Crippen LogP contribution in [-0.2, 0) is 0 Å². The van der Waals surface area contributed by atoms with E-state index in [1.54, 1.807) is 35.1 Å². The number of carbonyl (C=O) groups excluding carboxylic acids is 1. The summed E-state index contributed by atoms with van der Waals surface area (Å²) < 4.78 is 1.61. The maximum absolute atomic E-state index is 12.2. The summed E-state index contributed by atoms with van der Waals surface area (Å²) in [6.45, 7) is 5.86. The molecule has 0 atom stereocenters. The number of rotatable bonds is 6. The fraction of sp³-hybridized carbons (Fsp3) is 0.412. The third-order valence-electron chi connectivity index (χ3n) is 4.14. The van der Waals surface area contributed by atoms with Gasteiger partial charge in [0, 0.05) is 38.9 Å². The fourth-order valence-corrected chi connectivity index (χ4v) is 3.04. The summed E-state index contributed by atoms with van der Waals surface area (Å²) in [4.78, 5) is 14.6. The van der Waals surface area contributed by atoms with Crippen LogP contribution in [0.1, 0.15) is 16.9 Å². The van der Waals surface area contributed by atoms with Gasteiger partial charge in [0.15, 0.2) is 5.69 Å². The molecule has 0 bridgehead atoms. The molecular weight excluding hydrogens is 361 g/mol. The van der Waals surface area contributed by atoms with Gasteiger partial charge in [0.25, 0.3) is 5.91 Å². The van der Waals surface area contributed by atoms with Crippen molar-refractivity contribution >= 4 is 29.1 Å². The number of halogens is 2. The molecule has 2 N–H and O–H groups in total. The van der Waals surface area contributed by atoms with Crippen LogP contribution >= 0.6 is 23.2 Å². The van der Waals surface area contributed by atoms with Crippen molar-refractivity contribution < 1.29 is 4.79 Å². The smallest absolute Gasteiger partial charge is 0.271 e. The highest BCUT2D eigenvalue weighted by Crippen LogP contribution is 2.24. The van der Waals surface area contributed by atoms with Crippen molar-refractivity contribution in [2.45, 2.75) is 6.42 Å². The van der Waals surface area contributed by atoms with E-state index in [0.29, 0.717) is 22.3 Å². The lowest BCUT2D eigenvalue weighted by Crippen LogP contribution is -2.44. The van der Waals surface area contributed by atoms with Crippen LogP contribution in [0.2, 0.25) is 10.0 Å². The molecule has 8 heteroatoms. The van der Waals surface area contributed by atoms with Gasteiger partial charge in [0.1, 0.15) is 0 Å². The Morgan fingerprint density at radius 2 is 2.00 bits per heavy atom. The van der Waals surface area contributed by atoms with Crippen molar-refractivity contribution in [3.05, 3.63) is 46.2 Å². The van der Waals surface area contributed by atoms with E-state index in [1.165, 1.54) is 0 Å². The monoisotopic (exact) mass is 381 g/mol. The normalized spacial score (nSPS) is 15.3. The molecule has 2 aromatic rings. The number of benzene rings is 1. The third-order valence-corrected chi connectivity index (χ3v) is 4.87. The van der Waals surface area contributed by atoms with Gasteiger partial charge < -0.3 is 15.5 Å². The van der Waals surface area contributed by atoms with Gasteiger partial charge in [0.2, 0.25) is 0 Å². The maximum atomic E-state index is 12.2. The number of nitrogens with one attached hydrogen (secondary N) is 2. The van der Waals surface area contributed by atoms with Crippen molar-refractivity contribution in [3.63, 3.8) is 0 Å². The van der Waals surface area contributed by atoms with Gasteiger partial charge in [-0.15, -0.1) is 0 Å². The molecule has 1 aliphatic rings. The van der Waals surface area contributed by atoms with Gasteiger partial charge in [0.05, 0.1) is 15.7 Å². The average molecular weight is 382 g/mol. The SMILES string of the molecule is O=C(NCCCN1CCNCC1)c1ccn(-c2ccc(Cl)c(Cl)c2)n1. The highest BCUT2D eigenvalue weighted by atomic mass is 35.5. The Labute approximate surface area is 157 Å². The van der Waals surface area contributed by atoms with Gasteiger partial charge in [-0.1, -0.05) is 23.2 Å². The van der Waals surface area contributed by atoms with Gasteiger partial charge in [-0.25, -0.2) is 4.68 Å². The maximum Gasteiger partial charge on any atom is 0.271 e.